The van der Waals surface area contributed by atoms with E-state index in [0.717, 1.165) is 5.69 Å². The van der Waals surface area contributed by atoms with Crippen molar-refractivity contribution in [2.45, 2.75) is 32.9 Å². The van der Waals surface area contributed by atoms with Gasteiger partial charge >= 0.3 is 0 Å². The number of rotatable bonds is 1. The van der Waals surface area contributed by atoms with E-state index < -0.39 is 0 Å². The summed E-state index contributed by atoms with van der Waals surface area (Å²) in [4.78, 5) is 4.16. The molecule has 11 heavy (non-hydrogen) atoms. The Morgan fingerprint density at radius 3 is 2.45 bits per heavy atom. The van der Waals surface area contributed by atoms with Gasteiger partial charge in [0.25, 0.3) is 0 Å². The van der Waals surface area contributed by atoms with Gasteiger partial charge < -0.3 is 9.67 Å². The van der Waals surface area contributed by atoms with E-state index in [0.29, 0.717) is 0 Å². The topological polar surface area (TPSA) is 38.0 Å². The average Bonchev–Trinajstić information content (AvgIpc) is 2.32. The molecule has 0 fully saturated rings. The molecule has 0 saturated carbocycles. The van der Waals surface area contributed by atoms with Crippen LogP contribution in [0, 0.1) is 0 Å². The summed E-state index contributed by atoms with van der Waals surface area (Å²) in [7, 11) is 0. The lowest BCUT2D eigenvalue weighted by molar-refractivity contribution is 0.210. The van der Waals surface area contributed by atoms with Gasteiger partial charge in [-0.25, -0.2) is 4.98 Å². The largest absolute Gasteiger partial charge is 0.376 e. The molecule has 1 rings (SSSR count). The van der Waals surface area contributed by atoms with Crippen LogP contribution in [0.25, 0.3) is 0 Å². The van der Waals surface area contributed by atoms with Crippen molar-refractivity contribution >= 4 is 0 Å². The number of hydrogen-bond donors (Lipinski definition) is 1. The van der Waals surface area contributed by atoms with Gasteiger partial charge in [0.05, 0.1) is 12.0 Å². The van der Waals surface area contributed by atoms with Crippen LogP contribution in [0.15, 0.2) is 12.5 Å². The van der Waals surface area contributed by atoms with E-state index in [1.807, 2.05) is 6.20 Å². The van der Waals surface area contributed by atoms with E-state index in [2.05, 4.69) is 25.8 Å². The maximum absolute atomic E-state index is 8.74. The average molecular weight is 154 g/mol. The van der Waals surface area contributed by atoms with E-state index >= 15 is 0 Å². The zero-order valence-corrected chi connectivity index (χ0v) is 7.20. The molecule has 0 spiro atoms. The fourth-order valence-electron chi connectivity index (χ4n) is 0.825. The molecule has 3 heteroatoms. The minimum absolute atomic E-state index is 0.00306. The van der Waals surface area contributed by atoms with Gasteiger partial charge in [-0.2, -0.15) is 0 Å². The van der Waals surface area contributed by atoms with Crippen LogP contribution < -0.4 is 0 Å². The first kappa shape index (κ1) is 8.27. The summed E-state index contributed by atoms with van der Waals surface area (Å²) < 4.78 is 1.65. The van der Waals surface area contributed by atoms with Crippen LogP contribution in [0.5, 0.6) is 0 Å². The second-order valence-electron chi connectivity index (χ2n) is 3.66. The van der Waals surface area contributed by atoms with Crippen LogP contribution in [-0.2, 0) is 12.1 Å². The predicted molar refractivity (Wildman–Crippen MR) is 43.1 cm³/mol. The van der Waals surface area contributed by atoms with Crippen LogP contribution >= 0.6 is 0 Å². The third-order valence-electron chi connectivity index (χ3n) is 1.56. The van der Waals surface area contributed by atoms with Crippen LogP contribution in [0.4, 0.5) is 0 Å². The van der Waals surface area contributed by atoms with Gasteiger partial charge in [-0.1, -0.05) is 20.8 Å². The summed E-state index contributed by atoms with van der Waals surface area (Å²) in [6, 6.07) is 0. The molecule has 1 aromatic rings. The molecule has 1 N–H and O–H groups in total. The van der Waals surface area contributed by atoms with Gasteiger partial charge in [0.1, 0.15) is 6.73 Å². The van der Waals surface area contributed by atoms with Crippen molar-refractivity contribution in [2.24, 2.45) is 0 Å². The Hall–Kier alpha value is -0.830. The SMILES string of the molecule is CC(C)(C)c1cn(CO)cn1. The normalized spacial score (nSPS) is 12.0. The Kier molecular flexibility index (Phi) is 2.00. The molecule has 0 radical (unpaired) electrons. The maximum atomic E-state index is 8.74. The van der Waals surface area contributed by atoms with Crippen molar-refractivity contribution in [1.29, 1.82) is 0 Å². The van der Waals surface area contributed by atoms with Gasteiger partial charge in [-0.3, -0.25) is 0 Å². The van der Waals surface area contributed by atoms with Crippen LogP contribution in [0.2, 0.25) is 0 Å². The molecule has 0 aromatic carbocycles. The number of aromatic nitrogens is 2. The Balaban J connectivity index is 2.89. The van der Waals surface area contributed by atoms with Crippen molar-refractivity contribution < 1.29 is 5.11 Å². The molecule has 1 aromatic heterocycles. The van der Waals surface area contributed by atoms with Gasteiger partial charge in [0.2, 0.25) is 0 Å². The molecule has 0 amide bonds. The number of imidazole rings is 1. The molecular formula is C8H14N2O. The fourth-order valence-corrected chi connectivity index (χ4v) is 0.825. The Morgan fingerprint density at radius 2 is 2.18 bits per heavy atom. The highest BCUT2D eigenvalue weighted by Crippen LogP contribution is 2.19. The van der Waals surface area contributed by atoms with E-state index in [9.17, 15) is 0 Å². The third kappa shape index (κ3) is 1.80. The first-order valence-corrected chi connectivity index (χ1v) is 3.67. The summed E-state index contributed by atoms with van der Waals surface area (Å²) in [5.41, 5.74) is 1.08. The number of aliphatic hydroxyl groups is 1. The maximum Gasteiger partial charge on any atom is 0.120 e. The lowest BCUT2D eigenvalue weighted by Crippen LogP contribution is -2.11. The number of hydrogen-bond acceptors (Lipinski definition) is 2. The second kappa shape index (κ2) is 2.66. The van der Waals surface area contributed by atoms with E-state index in [-0.39, 0.29) is 12.1 Å². The highest BCUT2D eigenvalue weighted by molar-refractivity contribution is 5.08. The van der Waals surface area contributed by atoms with E-state index in [1.165, 1.54) is 0 Å². The lowest BCUT2D eigenvalue weighted by Gasteiger charge is -2.13. The van der Waals surface area contributed by atoms with Gasteiger partial charge in [0.15, 0.2) is 0 Å². The molecule has 0 saturated heterocycles. The van der Waals surface area contributed by atoms with Gasteiger partial charge in [-0.05, 0) is 0 Å². The summed E-state index contributed by atoms with van der Waals surface area (Å²) >= 11 is 0. The molecule has 1 heterocycles. The summed E-state index contributed by atoms with van der Waals surface area (Å²) in [5.74, 6) is 0. The van der Waals surface area contributed by atoms with Crippen molar-refractivity contribution in [3.05, 3.63) is 18.2 Å². The molecule has 0 aliphatic heterocycles. The van der Waals surface area contributed by atoms with Crippen molar-refractivity contribution in [2.75, 3.05) is 0 Å². The lowest BCUT2D eigenvalue weighted by atomic mass is 9.93. The van der Waals surface area contributed by atoms with Crippen molar-refractivity contribution in [3.8, 4) is 0 Å². The zero-order valence-electron chi connectivity index (χ0n) is 7.20. The van der Waals surface area contributed by atoms with Gasteiger partial charge in [0, 0.05) is 11.6 Å². The number of nitrogens with zero attached hydrogens (tertiary/aromatic N) is 2. The zero-order chi connectivity index (χ0) is 8.48. The van der Waals surface area contributed by atoms with Crippen LogP contribution in [-0.4, -0.2) is 14.7 Å². The van der Waals surface area contributed by atoms with Crippen molar-refractivity contribution in [1.82, 2.24) is 9.55 Å². The van der Waals surface area contributed by atoms with Gasteiger partial charge in [-0.15, -0.1) is 0 Å². The molecule has 0 bridgehead atoms. The minimum Gasteiger partial charge on any atom is -0.376 e. The first-order chi connectivity index (χ1) is 5.04. The molecule has 0 aliphatic rings. The fraction of sp³-hybridized carbons (Fsp3) is 0.625. The smallest absolute Gasteiger partial charge is 0.120 e. The number of aliphatic hydroxyl groups excluding tert-OH is 1. The van der Waals surface area contributed by atoms with E-state index in [4.69, 9.17) is 5.11 Å². The molecule has 0 aliphatic carbocycles. The van der Waals surface area contributed by atoms with Crippen LogP contribution in [0.3, 0.4) is 0 Å². The van der Waals surface area contributed by atoms with E-state index in [1.54, 1.807) is 10.9 Å². The second-order valence-corrected chi connectivity index (χ2v) is 3.66. The molecule has 0 unspecified atom stereocenters. The van der Waals surface area contributed by atoms with Crippen LogP contribution in [0.1, 0.15) is 26.5 Å². The molecular weight excluding hydrogens is 140 g/mol. The Labute approximate surface area is 66.7 Å². The third-order valence-corrected chi connectivity index (χ3v) is 1.56. The predicted octanol–water partition coefficient (Wildman–Crippen LogP) is 1.13. The molecule has 3 nitrogen and oxygen atoms in total. The monoisotopic (exact) mass is 154 g/mol. The van der Waals surface area contributed by atoms with Crippen molar-refractivity contribution in [3.63, 3.8) is 0 Å². The summed E-state index contributed by atoms with van der Waals surface area (Å²) in [6.45, 7) is 6.29. The Bertz CT molecular complexity index is 234. The molecule has 0 atom stereocenters. The first-order valence-electron chi connectivity index (χ1n) is 3.67. The highest BCUT2D eigenvalue weighted by atomic mass is 16.3. The molecule has 62 valence electrons. The Morgan fingerprint density at radius 1 is 1.55 bits per heavy atom. The highest BCUT2D eigenvalue weighted by Gasteiger charge is 2.15. The summed E-state index contributed by atoms with van der Waals surface area (Å²) in [6.07, 6.45) is 3.50. The standard InChI is InChI=1S/C8H14N2O/c1-8(2,3)7-4-10(6-11)5-9-7/h4-5,11H,6H2,1-3H3. The summed E-state index contributed by atoms with van der Waals surface area (Å²) in [5, 5.41) is 8.74. The quantitative estimate of drug-likeness (QED) is 0.658. The minimum atomic E-state index is 0.00306.